The fourth-order valence-electron chi connectivity index (χ4n) is 4.51. The molecule has 0 radical (unpaired) electrons. The average Bonchev–Trinajstić information content (AvgIpc) is 2.99. The van der Waals surface area contributed by atoms with Crippen molar-refractivity contribution in [1.29, 1.82) is 0 Å². The Morgan fingerprint density at radius 3 is 2.20 bits per heavy atom. The number of allylic oxidation sites excluding steroid dienone is 4. The van der Waals surface area contributed by atoms with Gasteiger partial charge in [0.1, 0.15) is 35.5 Å². The van der Waals surface area contributed by atoms with Gasteiger partial charge in [0.2, 0.25) is 0 Å². The number of aryl methyl sites for hydroxylation is 1. The van der Waals surface area contributed by atoms with E-state index >= 15 is 0 Å². The second-order valence-electron chi connectivity index (χ2n) is 10.7. The Bertz CT molecular complexity index is 1630. The fraction of sp³-hybridized carbons (Fsp3) is 0.303. The van der Waals surface area contributed by atoms with Crippen molar-refractivity contribution >= 4 is 23.0 Å². The molecule has 5 N–H and O–H groups in total. The highest BCUT2D eigenvalue weighted by Gasteiger charge is 2.30. The summed E-state index contributed by atoms with van der Waals surface area (Å²) in [4.78, 5) is 8.10. The summed E-state index contributed by atoms with van der Waals surface area (Å²) in [5, 5.41) is 2.96. The number of hydrogen-bond acceptors (Lipinski definition) is 9. The Labute approximate surface area is 280 Å². The summed E-state index contributed by atoms with van der Waals surface area (Å²) in [6.07, 6.45) is -3.56. The molecule has 0 amide bonds. The number of alkyl halides is 7. The third-order valence-electron chi connectivity index (χ3n) is 6.91. The molecule has 0 saturated heterocycles. The molecular weight excluding hydrogens is 659 g/mol. The molecule has 16 heteroatoms. The van der Waals surface area contributed by atoms with Crippen molar-refractivity contribution in [3.63, 3.8) is 0 Å². The zero-order valence-corrected chi connectivity index (χ0v) is 27.9. The number of anilines is 4. The molecule has 9 nitrogen and oxygen atoms in total. The molecule has 0 aliphatic rings. The van der Waals surface area contributed by atoms with Crippen LogP contribution in [0.25, 0.3) is 0 Å². The maximum Gasteiger partial charge on any atom is 0.405 e. The van der Waals surface area contributed by atoms with Gasteiger partial charge in [0, 0.05) is 43.0 Å². The molecular formula is C33H40F7N7O2. The van der Waals surface area contributed by atoms with E-state index in [1.165, 1.54) is 69.3 Å². The van der Waals surface area contributed by atoms with Crippen LogP contribution in [-0.2, 0) is 4.74 Å². The molecule has 0 aliphatic carbocycles. The van der Waals surface area contributed by atoms with Crippen molar-refractivity contribution in [1.82, 2.24) is 9.88 Å². The molecule has 268 valence electrons. The van der Waals surface area contributed by atoms with E-state index in [2.05, 4.69) is 34.8 Å². The molecule has 1 heterocycles. The van der Waals surface area contributed by atoms with Crippen LogP contribution in [0.5, 0.6) is 5.75 Å². The van der Waals surface area contributed by atoms with Gasteiger partial charge in [-0.2, -0.15) is 22.0 Å². The summed E-state index contributed by atoms with van der Waals surface area (Å²) in [7, 11) is 4.02. The monoisotopic (exact) mass is 699 g/mol. The number of nitrogens with two attached hydrogens (primary N) is 2. The van der Waals surface area contributed by atoms with Crippen LogP contribution in [0.4, 0.5) is 53.7 Å². The topological polar surface area (TPSA) is 105 Å². The van der Waals surface area contributed by atoms with E-state index in [1.54, 1.807) is 19.1 Å². The van der Waals surface area contributed by atoms with E-state index in [9.17, 15) is 30.7 Å². The Kier molecular flexibility index (Phi) is 13.6. The van der Waals surface area contributed by atoms with E-state index in [0.29, 0.717) is 17.0 Å². The highest BCUT2D eigenvalue weighted by molar-refractivity contribution is 5.76. The van der Waals surface area contributed by atoms with Crippen LogP contribution in [0.2, 0.25) is 0 Å². The van der Waals surface area contributed by atoms with E-state index in [4.69, 9.17) is 16.2 Å². The lowest BCUT2D eigenvalue weighted by molar-refractivity contribution is -0.139. The number of rotatable bonds is 16. The van der Waals surface area contributed by atoms with Gasteiger partial charge in [-0.3, -0.25) is 0 Å². The van der Waals surface area contributed by atoms with Gasteiger partial charge in [-0.05, 0) is 62.8 Å². The Morgan fingerprint density at radius 2 is 1.69 bits per heavy atom. The zero-order chi connectivity index (χ0) is 37.4. The third-order valence-corrected chi connectivity index (χ3v) is 6.91. The fourth-order valence-corrected chi connectivity index (χ4v) is 4.51. The predicted octanol–water partition coefficient (Wildman–Crippen LogP) is 8.16. The molecule has 2 aromatic rings. The summed E-state index contributed by atoms with van der Waals surface area (Å²) in [6.45, 7) is 11.3. The van der Waals surface area contributed by atoms with Gasteiger partial charge in [0.05, 0.1) is 24.0 Å². The normalized spacial score (nSPS) is 12.8. The molecule has 0 spiro atoms. The SMILES string of the molecule is C=CN(c1ccc(C(F)F)c(N(C)/C(C)=C\C(=C)OC(F)F)n1)c1cc(N/C(N)=C(/C=C(/C)N)C(=C)N(C)CC(F)(F)F)c(OC)cc1C. The van der Waals surface area contributed by atoms with Gasteiger partial charge in [-0.15, -0.1) is 0 Å². The second-order valence-corrected chi connectivity index (χ2v) is 10.7. The first-order valence-corrected chi connectivity index (χ1v) is 14.3. The quantitative estimate of drug-likeness (QED) is 0.0910. The minimum absolute atomic E-state index is 0.0696. The van der Waals surface area contributed by atoms with Crippen LogP contribution in [0.3, 0.4) is 0 Å². The number of ether oxygens (including phenoxy) is 2. The third kappa shape index (κ3) is 10.9. The number of benzene rings is 1. The van der Waals surface area contributed by atoms with Crippen molar-refractivity contribution in [2.45, 2.75) is 40.0 Å². The zero-order valence-electron chi connectivity index (χ0n) is 27.9. The van der Waals surface area contributed by atoms with Crippen LogP contribution in [0.15, 0.2) is 96.6 Å². The minimum Gasteiger partial charge on any atom is -0.495 e. The maximum absolute atomic E-state index is 14.1. The lowest BCUT2D eigenvalue weighted by atomic mass is 10.1. The van der Waals surface area contributed by atoms with Crippen molar-refractivity contribution < 1.29 is 40.2 Å². The molecule has 0 aliphatic heterocycles. The minimum atomic E-state index is -4.52. The van der Waals surface area contributed by atoms with Gasteiger partial charge in [-0.25, -0.2) is 13.8 Å². The molecule has 0 bridgehead atoms. The predicted molar refractivity (Wildman–Crippen MR) is 178 cm³/mol. The van der Waals surface area contributed by atoms with Crippen LogP contribution >= 0.6 is 0 Å². The van der Waals surface area contributed by atoms with Crippen LogP contribution < -0.4 is 31.3 Å². The summed E-state index contributed by atoms with van der Waals surface area (Å²) in [5.41, 5.74) is 13.6. The molecule has 2 rings (SSSR count). The van der Waals surface area contributed by atoms with Crippen molar-refractivity contribution in [3.05, 3.63) is 108 Å². The highest BCUT2D eigenvalue weighted by atomic mass is 19.4. The van der Waals surface area contributed by atoms with Gasteiger partial charge >= 0.3 is 12.8 Å². The van der Waals surface area contributed by atoms with Crippen LogP contribution in [0, 0.1) is 6.92 Å². The van der Waals surface area contributed by atoms with E-state index in [-0.39, 0.29) is 51.6 Å². The standard InChI is InChI=1S/C33H40F7N7O2/c1-10-47(28-12-11-23(29(34)35)31(44-28)46(8)20(4)15-21(5)49-32(36)37)26-16-25(27(48-9)13-18(26)2)43-30(42)24(14-19(3)41)22(6)45(7)17-33(38,39)40/h10-16,29,32,43H,1,5-6,17,41-42H2,2-4,7-9H3/b19-14-,20-15-,30-24-. The lowest BCUT2D eigenvalue weighted by Gasteiger charge is -2.27. The first kappa shape index (κ1) is 39.9. The molecule has 1 aromatic heterocycles. The van der Waals surface area contributed by atoms with Crippen molar-refractivity contribution in [2.75, 3.05) is 42.9 Å². The Morgan fingerprint density at radius 1 is 1.06 bits per heavy atom. The maximum atomic E-state index is 14.1. The summed E-state index contributed by atoms with van der Waals surface area (Å²) < 4.78 is 103. The van der Waals surface area contributed by atoms with E-state index in [0.717, 1.165) is 11.0 Å². The van der Waals surface area contributed by atoms with Gasteiger partial charge in [0.25, 0.3) is 6.43 Å². The number of pyridine rings is 1. The summed E-state index contributed by atoms with van der Waals surface area (Å²) in [6, 6.07) is 5.74. The Balaban J connectivity index is 2.70. The van der Waals surface area contributed by atoms with Crippen LogP contribution in [0.1, 0.15) is 31.4 Å². The number of aromatic nitrogens is 1. The molecule has 0 unspecified atom stereocenters. The summed E-state index contributed by atoms with van der Waals surface area (Å²) in [5.74, 6) is -0.248. The molecule has 0 saturated carbocycles. The first-order chi connectivity index (χ1) is 22.7. The number of nitrogens with one attached hydrogen (secondary N) is 1. The number of likely N-dealkylation sites (N-methyl/N-ethyl adjacent to an activating group) is 1. The average molecular weight is 700 g/mol. The lowest BCUT2D eigenvalue weighted by Crippen LogP contribution is -2.31. The molecule has 0 fully saturated rings. The van der Waals surface area contributed by atoms with Crippen molar-refractivity contribution in [3.8, 4) is 5.75 Å². The van der Waals surface area contributed by atoms with Crippen molar-refractivity contribution in [2.24, 2.45) is 11.5 Å². The molecule has 1 aromatic carbocycles. The number of nitrogens with zero attached hydrogens (tertiary/aromatic N) is 4. The second kappa shape index (κ2) is 16.7. The molecule has 49 heavy (non-hydrogen) atoms. The molecule has 0 atom stereocenters. The Hall–Kier alpha value is -5.28. The number of methoxy groups -OCH3 is 1. The number of hydrogen-bond donors (Lipinski definition) is 3. The summed E-state index contributed by atoms with van der Waals surface area (Å²) >= 11 is 0. The first-order valence-electron chi connectivity index (χ1n) is 14.3. The van der Waals surface area contributed by atoms with E-state index < -0.39 is 31.3 Å². The largest absolute Gasteiger partial charge is 0.495 e. The van der Waals surface area contributed by atoms with Gasteiger partial charge in [-0.1, -0.05) is 19.7 Å². The van der Waals surface area contributed by atoms with Crippen LogP contribution in [-0.4, -0.2) is 50.4 Å². The highest BCUT2D eigenvalue weighted by Crippen LogP contribution is 2.39. The van der Waals surface area contributed by atoms with Gasteiger partial charge < -0.3 is 41.0 Å². The van der Waals surface area contributed by atoms with Gasteiger partial charge in [0.15, 0.2) is 0 Å². The number of halogens is 7. The smallest absolute Gasteiger partial charge is 0.405 e. The van der Waals surface area contributed by atoms with E-state index in [1.807, 2.05) is 0 Å².